The summed E-state index contributed by atoms with van der Waals surface area (Å²) in [5.41, 5.74) is 0. The first kappa shape index (κ1) is 8.09. The smallest absolute Gasteiger partial charge is 0.302 e. The van der Waals surface area contributed by atoms with Crippen LogP contribution in [0.5, 0.6) is 0 Å². The molecule has 1 unspecified atom stereocenters. The van der Waals surface area contributed by atoms with Crippen molar-refractivity contribution in [2.24, 2.45) is 17.8 Å². The van der Waals surface area contributed by atoms with Crippen LogP contribution in [0.15, 0.2) is 0 Å². The Morgan fingerprint density at radius 3 is 2.75 bits per heavy atom. The molecule has 0 aliphatic heterocycles. The first-order valence-electron chi connectivity index (χ1n) is 4.89. The normalized spacial score (nSPS) is 38.6. The van der Waals surface area contributed by atoms with E-state index < -0.39 is 0 Å². The molecular weight excluding hydrogens is 152 g/mol. The molecule has 3 atom stereocenters. The van der Waals surface area contributed by atoms with E-state index in [0.29, 0.717) is 12.5 Å². The van der Waals surface area contributed by atoms with Crippen molar-refractivity contribution in [3.8, 4) is 0 Å². The summed E-state index contributed by atoms with van der Waals surface area (Å²) in [6.45, 7) is 2.17. The zero-order valence-corrected chi connectivity index (χ0v) is 7.58. The highest BCUT2D eigenvalue weighted by Crippen LogP contribution is 2.48. The molecule has 0 heterocycles. The van der Waals surface area contributed by atoms with E-state index in [2.05, 4.69) is 0 Å². The molecule has 2 heteroatoms. The summed E-state index contributed by atoms with van der Waals surface area (Å²) in [7, 11) is 0. The maximum absolute atomic E-state index is 10.6. The minimum atomic E-state index is -0.127. The van der Waals surface area contributed by atoms with Crippen molar-refractivity contribution in [3.63, 3.8) is 0 Å². The second kappa shape index (κ2) is 3.08. The number of carbonyl (C=O) groups excluding carboxylic acids is 1. The van der Waals surface area contributed by atoms with Crippen molar-refractivity contribution in [2.45, 2.75) is 32.6 Å². The second-order valence-electron chi connectivity index (χ2n) is 4.24. The summed E-state index contributed by atoms with van der Waals surface area (Å²) >= 11 is 0. The van der Waals surface area contributed by atoms with Crippen LogP contribution in [0.4, 0.5) is 0 Å². The van der Waals surface area contributed by atoms with Crippen LogP contribution in [-0.2, 0) is 9.53 Å². The van der Waals surface area contributed by atoms with Gasteiger partial charge in [-0.05, 0) is 37.0 Å². The Morgan fingerprint density at radius 2 is 2.25 bits per heavy atom. The highest BCUT2D eigenvalue weighted by atomic mass is 16.5. The largest absolute Gasteiger partial charge is 0.466 e. The summed E-state index contributed by atoms with van der Waals surface area (Å²) in [5, 5.41) is 0. The zero-order chi connectivity index (χ0) is 8.55. The third-order valence-corrected chi connectivity index (χ3v) is 3.39. The van der Waals surface area contributed by atoms with E-state index in [9.17, 15) is 4.79 Å². The molecule has 0 spiro atoms. The standard InChI is InChI=1S/C10H16O2/c1-7(11)12-6-10-5-8-2-3-9(10)4-8/h8-10H,2-6H2,1H3/t8-,9+,10?/m1/s1. The van der Waals surface area contributed by atoms with Crippen LogP contribution < -0.4 is 0 Å². The van der Waals surface area contributed by atoms with Crippen LogP contribution in [0.1, 0.15) is 32.6 Å². The number of carbonyl (C=O) groups is 1. The Labute approximate surface area is 73.3 Å². The van der Waals surface area contributed by atoms with Crippen LogP contribution in [0.25, 0.3) is 0 Å². The summed E-state index contributed by atoms with van der Waals surface area (Å²) in [6.07, 6.45) is 5.49. The molecule has 2 fully saturated rings. The van der Waals surface area contributed by atoms with E-state index in [1.54, 1.807) is 0 Å². The molecule has 2 rings (SSSR count). The number of esters is 1. The maximum Gasteiger partial charge on any atom is 0.302 e. The van der Waals surface area contributed by atoms with E-state index in [1.807, 2.05) is 0 Å². The molecule has 0 aromatic heterocycles. The molecule has 0 amide bonds. The lowest BCUT2D eigenvalue weighted by molar-refractivity contribution is -0.142. The van der Waals surface area contributed by atoms with Crippen molar-refractivity contribution < 1.29 is 9.53 Å². The molecule has 2 saturated carbocycles. The summed E-state index contributed by atoms with van der Waals surface area (Å²) in [6, 6.07) is 0. The van der Waals surface area contributed by atoms with Crippen molar-refractivity contribution in [3.05, 3.63) is 0 Å². The quantitative estimate of drug-likeness (QED) is 0.589. The maximum atomic E-state index is 10.6. The van der Waals surface area contributed by atoms with Gasteiger partial charge < -0.3 is 4.74 Å². The Hall–Kier alpha value is -0.530. The number of ether oxygens (including phenoxy) is 1. The van der Waals surface area contributed by atoms with Gasteiger partial charge in [0.1, 0.15) is 0 Å². The molecule has 68 valence electrons. The lowest BCUT2D eigenvalue weighted by Gasteiger charge is -2.20. The fourth-order valence-corrected chi connectivity index (χ4v) is 2.80. The summed E-state index contributed by atoms with van der Waals surface area (Å²) in [4.78, 5) is 10.6. The third kappa shape index (κ3) is 1.47. The molecule has 0 aromatic rings. The first-order chi connectivity index (χ1) is 5.75. The molecule has 2 aliphatic rings. The van der Waals surface area contributed by atoms with Crippen LogP contribution in [0.3, 0.4) is 0 Å². The molecule has 2 nitrogen and oxygen atoms in total. The Bertz CT molecular complexity index is 188. The average molecular weight is 168 g/mol. The zero-order valence-electron chi connectivity index (χ0n) is 7.58. The van der Waals surface area contributed by atoms with Crippen LogP contribution in [-0.4, -0.2) is 12.6 Å². The SMILES string of the molecule is CC(=O)OCC1C[C@@H]2CC[C@H]1C2. The Morgan fingerprint density at radius 1 is 1.42 bits per heavy atom. The number of hydrogen-bond acceptors (Lipinski definition) is 2. The molecule has 0 N–H and O–H groups in total. The Kier molecular flexibility index (Phi) is 2.07. The van der Waals surface area contributed by atoms with Crippen molar-refractivity contribution in [1.82, 2.24) is 0 Å². The van der Waals surface area contributed by atoms with Gasteiger partial charge in [-0.25, -0.2) is 0 Å². The highest BCUT2D eigenvalue weighted by molar-refractivity contribution is 5.65. The fourth-order valence-electron chi connectivity index (χ4n) is 2.80. The van der Waals surface area contributed by atoms with Gasteiger partial charge in [0, 0.05) is 6.92 Å². The average Bonchev–Trinajstić information content (AvgIpc) is 2.60. The van der Waals surface area contributed by atoms with Gasteiger partial charge in [-0.15, -0.1) is 0 Å². The van der Waals surface area contributed by atoms with E-state index in [1.165, 1.54) is 32.6 Å². The van der Waals surface area contributed by atoms with Gasteiger partial charge in [0.15, 0.2) is 0 Å². The number of hydrogen-bond donors (Lipinski definition) is 0. The monoisotopic (exact) mass is 168 g/mol. The molecule has 12 heavy (non-hydrogen) atoms. The highest BCUT2D eigenvalue weighted by Gasteiger charge is 2.39. The molecule has 0 aromatic carbocycles. The molecule has 0 radical (unpaired) electrons. The van der Waals surface area contributed by atoms with E-state index in [0.717, 1.165) is 11.8 Å². The first-order valence-corrected chi connectivity index (χ1v) is 4.89. The molecule has 2 bridgehead atoms. The van der Waals surface area contributed by atoms with Crippen LogP contribution in [0.2, 0.25) is 0 Å². The fraction of sp³-hybridized carbons (Fsp3) is 0.900. The van der Waals surface area contributed by atoms with Crippen molar-refractivity contribution in [2.75, 3.05) is 6.61 Å². The van der Waals surface area contributed by atoms with E-state index in [4.69, 9.17) is 4.74 Å². The third-order valence-electron chi connectivity index (χ3n) is 3.39. The summed E-state index contributed by atoms with van der Waals surface area (Å²) < 4.78 is 5.04. The predicted octanol–water partition coefficient (Wildman–Crippen LogP) is 1.99. The van der Waals surface area contributed by atoms with Crippen molar-refractivity contribution >= 4 is 5.97 Å². The number of fused-ring (bicyclic) bond motifs is 2. The van der Waals surface area contributed by atoms with Crippen LogP contribution >= 0.6 is 0 Å². The van der Waals surface area contributed by atoms with Crippen LogP contribution in [0, 0.1) is 17.8 Å². The lowest BCUT2D eigenvalue weighted by Crippen LogP contribution is -2.18. The van der Waals surface area contributed by atoms with Gasteiger partial charge in [-0.1, -0.05) is 6.42 Å². The van der Waals surface area contributed by atoms with Gasteiger partial charge in [0.2, 0.25) is 0 Å². The van der Waals surface area contributed by atoms with E-state index >= 15 is 0 Å². The van der Waals surface area contributed by atoms with Gasteiger partial charge in [-0.2, -0.15) is 0 Å². The number of rotatable bonds is 2. The second-order valence-corrected chi connectivity index (χ2v) is 4.24. The summed E-state index contributed by atoms with van der Waals surface area (Å²) in [5.74, 6) is 2.38. The molecular formula is C10H16O2. The van der Waals surface area contributed by atoms with Gasteiger partial charge >= 0.3 is 5.97 Å². The van der Waals surface area contributed by atoms with E-state index in [-0.39, 0.29) is 5.97 Å². The molecule has 2 aliphatic carbocycles. The van der Waals surface area contributed by atoms with Gasteiger partial charge in [-0.3, -0.25) is 4.79 Å². The minimum Gasteiger partial charge on any atom is -0.466 e. The van der Waals surface area contributed by atoms with Crippen molar-refractivity contribution in [1.29, 1.82) is 0 Å². The van der Waals surface area contributed by atoms with Gasteiger partial charge in [0.05, 0.1) is 6.61 Å². The molecule has 0 saturated heterocycles. The minimum absolute atomic E-state index is 0.127. The lowest BCUT2D eigenvalue weighted by atomic mass is 9.90. The van der Waals surface area contributed by atoms with Gasteiger partial charge in [0.25, 0.3) is 0 Å². The Balaban J connectivity index is 1.79. The topological polar surface area (TPSA) is 26.3 Å². The predicted molar refractivity (Wildman–Crippen MR) is 45.6 cm³/mol.